The van der Waals surface area contributed by atoms with Crippen molar-refractivity contribution in [3.05, 3.63) is 101 Å². The Hall–Kier alpha value is -4.07. The highest BCUT2D eigenvalue weighted by molar-refractivity contribution is 5.78. The summed E-state index contributed by atoms with van der Waals surface area (Å²) in [6, 6.07) is 17.9. The second kappa shape index (κ2) is 9.89. The number of carbonyl (C=O) groups is 1. The largest absolute Gasteiger partial charge is 0.340 e. The highest BCUT2D eigenvalue weighted by Gasteiger charge is 2.27. The SMILES string of the molecule is Cc1ccc(Nc2c(-c3ccc(F)cc3)nc3n2CCN(C(=O)CCc2ccc(F)c(F)c2)C3)cc1. The Morgan fingerprint density at radius 3 is 2.42 bits per heavy atom. The Balaban J connectivity index is 1.38. The van der Waals surface area contributed by atoms with Crippen molar-refractivity contribution in [2.45, 2.75) is 32.9 Å². The predicted octanol–water partition coefficient (Wildman–Crippen LogP) is 5.99. The lowest BCUT2D eigenvalue weighted by Gasteiger charge is -2.28. The first-order valence-corrected chi connectivity index (χ1v) is 11.8. The molecule has 0 saturated carbocycles. The van der Waals surface area contributed by atoms with Gasteiger partial charge in [0.1, 0.15) is 23.2 Å². The highest BCUT2D eigenvalue weighted by atomic mass is 19.2. The van der Waals surface area contributed by atoms with E-state index in [0.29, 0.717) is 37.3 Å². The number of hydrogen-bond donors (Lipinski definition) is 1. The quantitative estimate of drug-likeness (QED) is 0.361. The topological polar surface area (TPSA) is 50.2 Å². The molecule has 2 heterocycles. The van der Waals surface area contributed by atoms with E-state index in [1.807, 2.05) is 31.2 Å². The van der Waals surface area contributed by atoms with E-state index in [1.54, 1.807) is 17.0 Å². The van der Waals surface area contributed by atoms with Crippen LogP contribution in [-0.4, -0.2) is 26.9 Å². The molecule has 184 valence electrons. The van der Waals surface area contributed by atoms with Crippen LogP contribution in [0.2, 0.25) is 0 Å². The van der Waals surface area contributed by atoms with Crippen molar-refractivity contribution in [2.24, 2.45) is 0 Å². The van der Waals surface area contributed by atoms with Gasteiger partial charge in [-0.05, 0) is 67.4 Å². The minimum atomic E-state index is -0.915. The minimum Gasteiger partial charge on any atom is -0.340 e. The summed E-state index contributed by atoms with van der Waals surface area (Å²) < 4.78 is 42.3. The van der Waals surface area contributed by atoms with Crippen LogP contribution in [0.25, 0.3) is 11.3 Å². The van der Waals surface area contributed by atoms with E-state index < -0.39 is 11.6 Å². The third-order valence-electron chi connectivity index (χ3n) is 6.37. The molecule has 0 atom stereocenters. The zero-order chi connectivity index (χ0) is 25.2. The molecule has 5 nitrogen and oxygen atoms in total. The number of nitrogens with zero attached hydrogens (tertiary/aromatic N) is 3. The Morgan fingerprint density at radius 1 is 0.944 bits per heavy atom. The molecule has 0 radical (unpaired) electrons. The normalized spacial score (nSPS) is 12.9. The monoisotopic (exact) mass is 490 g/mol. The molecule has 0 saturated heterocycles. The van der Waals surface area contributed by atoms with Crippen LogP contribution in [0.5, 0.6) is 0 Å². The molecule has 0 unspecified atom stereocenters. The molecule has 8 heteroatoms. The molecule has 1 amide bonds. The van der Waals surface area contributed by atoms with Crippen LogP contribution in [0.1, 0.15) is 23.4 Å². The zero-order valence-corrected chi connectivity index (χ0v) is 19.8. The van der Waals surface area contributed by atoms with Gasteiger partial charge in [0.2, 0.25) is 5.91 Å². The van der Waals surface area contributed by atoms with Gasteiger partial charge in [-0.25, -0.2) is 18.2 Å². The first-order chi connectivity index (χ1) is 17.4. The maximum Gasteiger partial charge on any atom is 0.223 e. The maximum atomic E-state index is 13.6. The molecule has 0 spiro atoms. The molecule has 1 aromatic heterocycles. The van der Waals surface area contributed by atoms with E-state index >= 15 is 0 Å². The highest BCUT2D eigenvalue weighted by Crippen LogP contribution is 2.33. The van der Waals surface area contributed by atoms with Crippen molar-refractivity contribution in [1.82, 2.24) is 14.5 Å². The molecule has 4 aromatic rings. The first kappa shape index (κ1) is 23.7. The molecular weight excluding hydrogens is 465 g/mol. The summed E-state index contributed by atoms with van der Waals surface area (Å²) in [5.74, 6) is -0.716. The number of imidazole rings is 1. The van der Waals surface area contributed by atoms with Crippen LogP contribution >= 0.6 is 0 Å². The summed E-state index contributed by atoms with van der Waals surface area (Å²) >= 11 is 0. The summed E-state index contributed by atoms with van der Waals surface area (Å²) in [5.41, 5.74) is 4.07. The van der Waals surface area contributed by atoms with Crippen molar-refractivity contribution in [1.29, 1.82) is 0 Å². The van der Waals surface area contributed by atoms with Crippen molar-refractivity contribution in [2.75, 3.05) is 11.9 Å². The minimum absolute atomic E-state index is 0.0784. The molecule has 5 rings (SSSR count). The number of rotatable bonds is 6. The van der Waals surface area contributed by atoms with Crippen LogP contribution in [0.15, 0.2) is 66.7 Å². The second-order valence-electron chi connectivity index (χ2n) is 8.94. The van der Waals surface area contributed by atoms with Crippen molar-refractivity contribution in [3.63, 3.8) is 0 Å². The van der Waals surface area contributed by atoms with Gasteiger partial charge in [-0.15, -0.1) is 0 Å². The van der Waals surface area contributed by atoms with E-state index in [1.165, 1.54) is 18.2 Å². The summed E-state index contributed by atoms with van der Waals surface area (Å²) in [4.78, 5) is 19.5. The number of benzene rings is 3. The van der Waals surface area contributed by atoms with Crippen LogP contribution < -0.4 is 5.32 Å². The summed E-state index contributed by atoms with van der Waals surface area (Å²) in [5, 5.41) is 3.46. The Kier molecular flexibility index (Phi) is 6.50. The zero-order valence-electron chi connectivity index (χ0n) is 19.8. The molecule has 3 aromatic carbocycles. The van der Waals surface area contributed by atoms with Crippen LogP contribution in [0.3, 0.4) is 0 Å². The molecule has 36 heavy (non-hydrogen) atoms. The van der Waals surface area contributed by atoms with Crippen molar-refractivity contribution in [3.8, 4) is 11.3 Å². The molecular formula is C28H25F3N4O. The maximum absolute atomic E-state index is 13.6. The smallest absolute Gasteiger partial charge is 0.223 e. The molecule has 1 N–H and O–H groups in total. The number of hydrogen-bond acceptors (Lipinski definition) is 3. The van der Waals surface area contributed by atoms with Gasteiger partial charge in [0.05, 0.1) is 6.54 Å². The lowest BCUT2D eigenvalue weighted by molar-refractivity contribution is -0.132. The van der Waals surface area contributed by atoms with E-state index in [4.69, 9.17) is 4.98 Å². The second-order valence-corrected chi connectivity index (χ2v) is 8.94. The number of amides is 1. The summed E-state index contributed by atoms with van der Waals surface area (Å²) in [6.45, 7) is 3.37. The molecule has 0 aliphatic carbocycles. The number of nitrogens with one attached hydrogen (secondary N) is 1. The number of carbonyl (C=O) groups excluding carboxylic acids is 1. The van der Waals surface area contributed by atoms with Crippen molar-refractivity contribution >= 4 is 17.4 Å². The third kappa shape index (κ3) is 4.98. The Bertz CT molecular complexity index is 1400. The van der Waals surface area contributed by atoms with Crippen LogP contribution in [0, 0.1) is 24.4 Å². The Morgan fingerprint density at radius 2 is 1.69 bits per heavy atom. The molecule has 0 bridgehead atoms. The fourth-order valence-corrected chi connectivity index (χ4v) is 4.36. The average Bonchev–Trinajstić information content (AvgIpc) is 3.23. The third-order valence-corrected chi connectivity index (χ3v) is 6.37. The van der Waals surface area contributed by atoms with Gasteiger partial charge < -0.3 is 14.8 Å². The fourth-order valence-electron chi connectivity index (χ4n) is 4.36. The number of fused-ring (bicyclic) bond motifs is 1. The van der Waals surface area contributed by atoms with E-state index in [0.717, 1.165) is 40.6 Å². The standard InChI is InChI=1S/C28H25F3N4O/c1-18-2-10-22(11-3-18)32-28-27(20-6-8-21(29)9-7-20)33-25-17-34(14-15-35(25)28)26(36)13-5-19-4-12-23(30)24(31)16-19/h2-4,6-12,16,32H,5,13-15,17H2,1H3. The molecule has 1 aliphatic heterocycles. The number of anilines is 2. The number of halogens is 3. The van der Waals surface area contributed by atoms with Gasteiger partial charge in [0.25, 0.3) is 0 Å². The first-order valence-electron chi connectivity index (χ1n) is 11.8. The molecule has 1 aliphatic rings. The Labute approximate surface area is 207 Å². The van der Waals surface area contributed by atoms with E-state index in [2.05, 4.69) is 9.88 Å². The summed E-state index contributed by atoms with van der Waals surface area (Å²) in [6.07, 6.45) is 0.507. The lowest BCUT2D eigenvalue weighted by atomic mass is 10.1. The number of aromatic nitrogens is 2. The van der Waals surface area contributed by atoms with Crippen LogP contribution in [-0.2, 0) is 24.3 Å². The van der Waals surface area contributed by atoms with Gasteiger partial charge in [0, 0.05) is 30.8 Å². The van der Waals surface area contributed by atoms with Crippen molar-refractivity contribution < 1.29 is 18.0 Å². The van der Waals surface area contributed by atoms with Gasteiger partial charge in [-0.1, -0.05) is 23.8 Å². The van der Waals surface area contributed by atoms with Gasteiger partial charge in [0.15, 0.2) is 11.6 Å². The number of aryl methyl sites for hydroxylation is 2. The molecule has 0 fully saturated rings. The van der Waals surface area contributed by atoms with Gasteiger partial charge in [-0.3, -0.25) is 4.79 Å². The fraction of sp³-hybridized carbons (Fsp3) is 0.214. The summed E-state index contributed by atoms with van der Waals surface area (Å²) in [7, 11) is 0. The predicted molar refractivity (Wildman–Crippen MR) is 132 cm³/mol. The van der Waals surface area contributed by atoms with Gasteiger partial charge >= 0.3 is 0 Å². The lowest BCUT2D eigenvalue weighted by Crippen LogP contribution is -2.38. The van der Waals surface area contributed by atoms with Crippen LogP contribution in [0.4, 0.5) is 24.7 Å². The average molecular weight is 491 g/mol. The van der Waals surface area contributed by atoms with Gasteiger partial charge in [-0.2, -0.15) is 0 Å². The van der Waals surface area contributed by atoms with E-state index in [-0.39, 0.29) is 18.1 Å². The van der Waals surface area contributed by atoms with E-state index in [9.17, 15) is 18.0 Å².